The molecular formula is C27H30N6. The highest BCUT2D eigenvalue weighted by atomic mass is 15.3. The minimum absolute atomic E-state index is 0.580. The first kappa shape index (κ1) is 20.2. The van der Waals surface area contributed by atoms with E-state index < -0.39 is 0 Å². The van der Waals surface area contributed by atoms with Crippen LogP contribution in [0.25, 0.3) is 28.0 Å². The third-order valence-electron chi connectivity index (χ3n) is 7.33. The summed E-state index contributed by atoms with van der Waals surface area (Å²) in [7, 11) is 0. The molecule has 2 saturated carbocycles. The third-order valence-corrected chi connectivity index (χ3v) is 7.33. The number of fused-ring (bicyclic) bond motifs is 1. The van der Waals surface area contributed by atoms with Crippen LogP contribution in [0.2, 0.25) is 0 Å². The van der Waals surface area contributed by atoms with Crippen LogP contribution in [0.1, 0.15) is 51.4 Å². The van der Waals surface area contributed by atoms with Crippen molar-refractivity contribution in [1.82, 2.24) is 19.6 Å². The number of nitrogens with zero attached hydrogens (tertiary/aromatic N) is 5. The maximum atomic E-state index is 6.28. The minimum Gasteiger partial charge on any atom is -0.384 e. The van der Waals surface area contributed by atoms with Gasteiger partial charge in [-0.2, -0.15) is 9.61 Å². The monoisotopic (exact) mass is 438 g/mol. The molecule has 2 fully saturated rings. The van der Waals surface area contributed by atoms with Crippen LogP contribution in [-0.2, 0) is 0 Å². The average Bonchev–Trinajstić information content (AvgIpc) is 3.62. The molecule has 0 amide bonds. The van der Waals surface area contributed by atoms with Crippen LogP contribution in [0.4, 0.5) is 11.6 Å². The first-order chi connectivity index (χ1) is 16.3. The van der Waals surface area contributed by atoms with Gasteiger partial charge in [0.25, 0.3) is 0 Å². The molecule has 3 aromatic heterocycles. The van der Waals surface area contributed by atoms with Gasteiger partial charge < -0.3 is 10.6 Å². The fraction of sp³-hybridized carbons (Fsp3) is 0.370. The van der Waals surface area contributed by atoms with Crippen molar-refractivity contribution in [3.8, 4) is 22.4 Å². The molecular weight excluding hydrogens is 408 g/mol. The Morgan fingerprint density at radius 1 is 0.788 bits per heavy atom. The predicted molar refractivity (Wildman–Crippen MR) is 133 cm³/mol. The Bertz CT molecular complexity index is 1240. The van der Waals surface area contributed by atoms with Gasteiger partial charge in [-0.3, -0.25) is 0 Å². The van der Waals surface area contributed by atoms with Crippen molar-refractivity contribution < 1.29 is 0 Å². The van der Waals surface area contributed by atoms with E-state index in [2.05, 4.69) is 34.1 Å². The van der Waals surface area contributed by atoms with E-state index in [1.54, 1.807) is 16.8 Å². The smallest absolute Gasteiger partial charge is 0.165 e. The van der Waals surface area contributed by atoms with Crippen molar-refractivity contribution in [3.05, 3.63) is 60.9 Å². The van der Waals surface area contributed by atoms with E-state index in [4.69, 9.17) is 15.8 Å². The molecule has 0 unspecified atom stereocenters. The van der Waals surface area contributed by atoms with E-state index in [9.17, 15) is 0 Å². The van der Waals surface area contributed by atoms with Crippen molar-refractivity contribution in [2.24, 2.45) is 0 Å². The van der Waals surface area contributed by atoms with Gasteiger partial charge in [0.05, 0.1) is 5.56 Å². The van der Waals surface area contributed by atoms with E-state index in [0.717, 1.165) is 33.8 Å². The predicted octanol–water partition coefficient (Wildman–Crippen LogP) is 5.73. The van der Waals surface area contributed by atoms with Crippen molar-refractivity contribution in [2.75, 3.05) is 10.6 Å². The van der Waals surface area contributed by atoms with Gasteiger partial charge in [-0.1, -0.05) is 56.0 Å². The number of pyridine rings is 1. The summed E-state index contributed by atoms with van der Waals surface area (Å²) in [5.74, 6) is 1.67. The summed E-state index contributed by atoms with van der Waals surface area (Å²) in [6.07, 6.45) is 14.1. The number of nitrogen functional groups attached to an aromatic ring is 1. The van der Waals surface area contributed by atoms with Crippen molar-refractivity contribution in [1.29, 1.82) is 0 Å². The molecule has 2 aliphatic rings. The Morgan fingerprint density at radius 2 is 1.45 bits per heavy atom. The van der Waals surface area contributed by atoms with Gasteiger partial charge in [0.2, 0.25) is 0 Å². The molecule has 4 aromatic rings. The molecule has 168 valence electrons. The highest BCUT2D eigenvalue weighted by Gasteiger charge is 2.32. The van der Waals surface area contributed by atoms with E-state index in [1.807, 2.05) is 24.4 Å². The Kier molecular flexibility index (Phi) is 5.21. The third kappa shape index (κ3) is 3.63. The van der Waals surface area contributed by atoms with E-state index in [1.165, 1.54) is 51.4 Å². The van der Waals surface area contributed by atoms with Crippen LogP contribution in [0.5, 0.6) is 0 Å². The van der Waals surface area contributed by atoms with Gasteiger partial charge in [0.15, 0.2) is 5.65 Å². The van der Waals surface area contributed by atoms with Gasteiger partial charge in [-0.25, -0.2) is 9.97 Å². The Morgan fingerprint density at radius 3 is 2.15 bits per heavy atom. The molecule has 1 aromatic carbocycles. The Balaban J connectivity index is 1.51. The lowest BCUT2D eigenvalue weighted by Gasteiger charge is -2.36. The van der Waals surface area contributed by atoms with Crippen LogP contribution in [0.3, 0.4) is 0 Å². The zero-order chi connectivity index (χ0) is 22.2. The molecule has 3 heterocycles. The van der Waals surface area contributed by atoms with Crippen molar-refractivity contribution in [2.45, 2.75) is 63.5 Å². The molecule has 0 radical (unpaired) electrons. The van der Waals surface area contributed by atoms with Gasteiger partial charge in [-0.15, -0.1) is 0 Å². The second-order valence-corrected chi connectivity index (χ2v) is 9.38. The van der Waals surface area contributed by atoms with Crippen LogP contribution >= 0.6 is 0 Å². The van der Waals surface area contributed by atoms with Gasteiger partial charge in [0.1, 0.15) is 17.3 Å². The van der Waals surface area contributed by atoms with E-state index >= 15 is 0 Å². The molecule has 0 spiro atoms. The van der Waals surface area contributed by atoms with Gasteiger partial charge >= 0.3 is 0 Å². The number of hydrogen-bond donors (Lipinski definition) is 1. The Labute approximate surface area is 194 Å². The van der Waals surface area contributed by atoms with Crippen LogP contribution in [-0.4, -0.2) is 31.7 Å². The molecule has 0 aliphatic heterocycles. The summed E-state index contributed by atoms with van der Waals surface area (Å²) in [6.45, 7) is 0. The quantitative estimate of drug-likeness (QED) is 0.431. The second kappa shape index (κ2) is 8.50. The molecule has 0 atom stereocenters. The summed E-state index contributed by atoms with van der Waals surface area (Å²) in [5, 5.41) is 4.88. The number of nitrogens with two attached hydrogens (primary N) is 1. The van der Waals surface area contributed by atoms with Crippen molar-refractivity contribution in [3.63, 3.8) is 0 Å². The number of rotatable bonds is 5. The van der Waals surface area contributed by atoms with Crippen molar-refractivity contribution >= 4 is 17.3 Å². The zero-order valence-corrected chi connectivity index (χ0v) is 18.9. The van der Waals surface area contributed by atoms with Crippen LogP contribution in [0, 0.1) is 0 Å². The number of anilines is 2. The first-order valence-electron chi connectivity index (χ1n) is 12.2. The molecule has 2 aliphatic carbocycles. The molecule has 6 heteroatoms. The highest BCUT2D eigenvalue weighted by Crippen LogP contribution is 2.39. The zero-order valence-electron chi connectivity index (χ0n) is 18.9. The summed E-state index contributed by atoms with van der Waals surface area (Å²) < 4.78 is 1.75. The second-order valence-electron chi connectivity index (χ2n) is 9.38. The summed E-state index contributed by atoms with van der Waals surface area (Å²) in [4.78, 5) is 12.2. The van der Waals surface area contributed by atoms with Crippen LogP contribution < -0.4 is 10.6 Å². The lowest BCUT2D eigenvalue weighted by atomic mass is 10.0. The lowest BCUT2D eigenvalue weighted by Crippen LogP contribution is -2.41. The first-order valence-corrected chi connectivity index (χ1v) is 12.2. The molecule has 6 nitrogen and oxygen atoms in total. The molecule has 2 N–H and O–H groups in total. The standard InChI is InChI=1S/C27H30N6/c28-23-15-17-30-27-25(26(31-33(23)27)19-8-2-1-3-9-19)20-14-16-29-24(18-20)32(21-10-4-5-11-21)22-12-6-7-13-22/h1-3,8-9,14-18,21-22H,4-7,10-13,28H2. The molecule has 0 saturated heterocycles. The number of benzene rings is 1. The normalized spacial score (nSPS) is 17.2. The maximum absolute atomic E-state index is 6.28. The summed E-state index contributed by atoms with van der Waals surface area (Å²) in [5.41, 5.74) is 11.1. The number of aromatic nitrogens is 4. The average molecular weight is 439 g/mol. The lowest BCUT2D eigenvalue weighted by molar-refractivity contribution is 0.508. The van der Waals surface area contributed by atoms with E-state index in [0.29, 0.717) is 17.9 Å². The van der Waals surface area contributed by atoms with Gasteiger partial charge in [-0.05, 0) is 49.4 Å². The number of hydrogen-bond acceptors (Lipinski definition) is 5. The molecule has 6 rings (SSSR count). The fourth-order valence-corrected chi connectivity index (χ4v) is 5.78. The van der Waals surface area contributed by atoms with Crippen LogP contribution in [0.15, 0.2) is 60.9 Å². The van der Waals surface area contributed by atoms with E-state index in [-0.39, 0.29) is 0 Å². The maximum Gasteiger partial charge on any atom is 0.165 e. The Hall–Kier alpha value is -3.41. The SMILES string of the molecule is Nc1ccnc2c(-c3ccnc(N(C4CCCC4)C4CCCC4)c3)c(-c3ccccc3)nn12. The fourth-order valence-electron chi connectivity index (χ4n) is 5.78. The largest absolute Gasteiger partial charge is 0.384 e. The summed E-state index contributed by atoms with van der Waals surface area (Å²) >= 11 is 0. The molecule has 0 bridgehead atoms. The topological polar surface area (TPSA) is 72.3 Å². The summed E-state index contributed by atoms with van der Waals surface area (Å²) in [6, 6.07) is 17.6. The highest BCUT2D eigenvalue weighted by molar-refractivity contribution is 5.91. The van der Waals surface area contributed by atoms with Gasteiger partial charge in [0, 0.05) is 30.0 Å². The minimum atomic E-state index is 0.580. The molecule has 33 heavy (non-hydrogen) atoms.